The Labute approximate surface area is 146 Å². The molecule has 0 bridgehead atoms. The van der Waals surface area contributed by atoms with E-state index in [1.165, 1.54) is 36.0 Å². The summed E-state index contributed by atoms with van der Waals surface area (Å²) in [6, 6.07) is 4.80. The van der Waals surface area contributed by atoms with E-state index in [0.29, 0.717) is 5.75 Å². The molecule has 6 nitrogen and oxygen atoms in total. The second-order valence-electron chi connectivity index (χ2n) is 5.70. The van der Waals surface area contributed by atoms with Crippen LogP contribution in [0, 0.1) is 11.8 Å². The van der Waals surface area contributed by atoms with Crippen molar-refractivity contribution in [2.75, 3.05) is 12.5 Å². The van der Waals surface area contributed by atoms with Crippen LogP contribution in [0.1, 0.15) is 20.8 Å². The molecule has 1 fully saturated rings. The Morgan fingerprint density at radius 1 is 1.42 bits per heavy atom. The summed E-state index contributed by atoms with van der Waals surface area (Å²) in [5.74, 6) is 4.91. The SMILES string of the molecule is CC#CCOc1ccc(S(=O)(=O)N2CSC(C)(C)[C@@H]2C(=O)O)cc1. The van der Waals surface area contributed by atoms with Crippen LogP contribution >= 0.6 is 11.8 Å². The minimum Gasteiger partial charge on any atom is -0.481 e. The van der Waals surface area contributed by atoms with Gasteiger partial charge in [-0.2, -0.15) is 4.31 Å². The van der Waals surface area contributed by atoms with E-state index in [2.05, 4.69) is 11.8 Å². The highest BCUT2D eigenvalue weighted by Crippen LogP contribution is 2.42. The first-order valence-corrected chi connectivity index (χ1v) is 9.64. The first-order valence-electron chi connectivity index (χ1n) is 7.21. The zero-order chi connectivity index (χ0) is 18.0. The van der Waals surface area contributed by atoms with Crippen molar-refractivity contribution in [3.05, 3.63) is 24.3 Å². The molecule has 1 aromatic rings. The molecule has 0 unspecified atom stereocenters. The molecule has 1 aliphatic rings. The maximum atomic E-state index is 12.8. The summed E-state index contributed by atoms with van der Waals surface area (Å²) >= 11 is 1.31. The van der Waals surface area contributed by atoms with Crippen LogP contribution in [0.15, 0.2) is 29.2 Å². The smallest absolute Gasteiger partial charge is 0.323 e. The number of aliphatic carboxylic acids is 1. The Morgan fingerprint density at radius 3 is 2.58 bits per heavy atom. The fraction of sp³-hybridized carbons (Fsp3) is 0.438. The first kappa shape index (κ1) is 18.6. The lowest BCUT2D eigenvalue weighted by atomic mass is 10.0. The Balaban J connectivity index is 2.26. The number of carboxylic acids is 1. The number of hydrogen-bond acceptors (Lipinski definition) is 5. The van der Waals surface area contributed by atoms with Gasteiger partial charge in [0.25, 0.3) is 0 Å². The highest BCUT2D eigenvalue weighted by atomic mass is 32.2. The molecule has 1 saturated heterocycles. The number of carbonyl (C=O) groups is 1. The van der Waals surface area contributed by atoms with Gasteiger partial charge in [0.15, 0.2) is 0 Å². The van der Waals surface area contributed by atoms with Crippen molar-refractivity contribution in [2.45, 2.75) is 36.5 Å². The average molecular weight is 369 g/mol. The lowest BCUT2D eigenvalue weighted by Gasteiger charge is -2.27. The second-order valence-corrected chi connectivity index (χ2v) is 9.19. The number of ether oxygens (including phenoxy) is 1. The minimum absolute atomic E-state index is 0.0426. The summed E-state index contributed by atoms with van der Waals surface area (Å²) < 4.78 is 31.3. The molecule has 0 saturated carbocycles. The van der Waals surface area contributed by atoms with Crippen LogP contribution < -0.4 is 4.74 Å². The molecule has 1 atom stereocenters. The van der Waals surface area contributed by atoms with Gasteiger partial charge < -0.3 is 9.84 Å². The topological polar surface area (TPSA) is 83.9 Å². The maximum absolute atomic E-state index is 12.8. The molecule has 1 aromatic carbocycles. The molecule has 0 amide bonds. The van der Waals surface area contributed by atoms with Crippen LogP contribution in [0.25, 0.3) is 0 Å². The minimum atomic E-state index is -3.90. The van der Waals surface area contributed by atoms with E-state index in [9.17, 15) is 18.3 Å². The van der Waals surface area contributed by atoms with Crippen molar-refractivity contribution in [1.82, 2.24) is 4.31 Å². The Morgan fingerprint density at radius 2 is 2.04 bits per heavy atom. The summed E-state index contributed by atoms with van der Waals surface area (Å²) in [5, 5.41) is 9.44. The van der Waals surface area contributed by atoms with E-state index in [4.69, 9.17) is 4.74 Å². The zero-order valence-electron chi connectivity index (χ0n) is 13.6. The lowest BCUT2D eigenvalue weighted by molar-refractivity contribution is -0.141. The summed E-state index contributed by atoms with van der Waals surface area (Å²) in [4.78, 5) is 11.6. The van der Waals surface area contributed by atoms with Gasteiger partial charge in [-0.1, -0.05) is 5.92 Å². The van der Waals surface area contributed by atoms with E-state index >= 15 is 0 Å². The largest absolute Gasteiger partial charge is 0.481 e. The highest BCUT2D eigenvalue weighted by Gasteiger charge is 2.51. The van der Waals surface area contributed by atoms with Crippen LogP contribution in [-0.2, 0) is 14.8 Å². The van der Waals surface area contributed by atoms with Crippen LogP contribution in [0.3, 0.4) is 0 Å². The molecule has 1 N–H and O–H groups in total. The highest BCUT2D eigenvalue weighted by molar-refractivity contribution is 8.02. The summed E-state index contributed by atoms with van der Waals surface area (Å²) in [5.41, 5.74) is 0. The molecule has 0 spiro atoms. The van der Waals surface area contributed by atoms with E-state index in [1.807, 2.05) is 0 Å². The zero-order valence-corrected chi connectivity index (χ0v) is 15.3. The summed E-state index contributed by atoms with van der Waals surface area (Å²) in [6.45, 7) is 5.39. The molecule has 8 heteroatoms. The number of rotatable bonds is 5. The molecule has 1 aliphatic heterocycles. The molecule has 1 heterocycles. The van der Waals surface area contributed by atoms with Gasteiger partial charge in [-0.05, 0) is 45.0 Å². The van der Waals surface area contributed by atoms with Crippen LogP contribution in [0.2, 0.25) is 0 Å². The van der Waals surface area contributed by atoms with E-state index in [1.54, 1.807) is 20.8 Å². The molecule has 2 rings (SSSR count). The molecule has 0 aliphatic carbocycles. The van der Waals surface area contributed by atoms with Crippen LogP contribution in [0.4, 0.5) is 0 Å². The normalized spacial score (nSPS) is 20.2. The van der Waals surface area contributed by atoms with Gasteiger partial charge in [-0.15, -0.1) is 17.7 Å². The predicted molar refractivity (Wildman–Crippen MR) is 92.4 cm³/mol. The van der Waals surface area contributed by atoms with Crippen molar-refractivity contribution in [3.63, 3.8) is 0 Å². The quantitative estimate of drug-likeness (QED) is 0.800. The lowest BCUT2D eigenvalue weighted by Crippen LogP contribution is -2.48. The Kier molecular flexibility index (Phi) is 5.48. The number of sulfonamides is 1. The maximum Gasteiger partial charge on any atom is 0.323 e. The molecule has 24 heavy (non-hydrogen) atoms. The van der Waals surface area contributed by atoms with Gasteiger partial charge in [0.2, 0.25) is 10.0 Å². The molecule has 130 valence electrons. The van der Waals surface area contributed by atoms with Crippen LogP contribution in [-0.4, -0.2) is 47.1 Å². The molecule has 0 radical (unpaired) electrons. The van der Waals surface area contributed by atoms with Gasteiger partial charge >= 0.3 is 5.97 Å². The average Bonchev–Trinajstić information content (AvgIpc) is 2.84. The molecular formula is C16H19NO5S2. The molecular weight excluding hydrogens is 350 g/mol. The van der Waals surface area contributed by atoms with Crippen molar-refractivity contribution >= 4 is 27.8 Å². The number of carboxylic acid groups (broad SMARTS) is 1. The number of benzene rings is 1. The third-order valence-corrected chi connectivity index (χ3v) is 7.03. The standard InChI is InChI=1S/C16H19NO5S2/c1-4-5-10-22-12-6-8-13(9-7-12)24(20,21)17-11-23-16(2,3)14(17)15(18)19/h6-9,14H,10-11H2,1-3H3,(H,18,19)/t14-/m0/s1. The number of hydrogen-bond donors (Lipinski definition) is 1. The monoisotopic (exact) mass is 369 g/mol. The van der Waals surface area contributed by atoms with Crippen molar-refractivity contribution in [1.29, 1.82) is 0 Å². The fourth-order valence-corrected chi connectivity index (χ4v) is 5.55. The van der Waals surface area contributed by atoms with Gasteiger partial charge in [0.05, 0.1) is 10.8 Å². The Bertz CT molecular complexity index is 775. The van der Waals surface area contributed by atoms with E-state index in [0.717, 1.165) is 4.31 Å². The van der Waals surface area contributed by atoms with Gasteiger partial charge in [0, 0.05) is 4.75 Å². The van der Waals surface area contributed by atoms with Crippen LogP contribution in [0.5, 0.6) is 5.75 Å². The van der Waals surface area contributed by atoms with Crippen molar-refractivity contribution < 1.29 is 23.1 Å². The number of nitrogens with zero attached hydrogens (tertiary/aromatic N) is 1. The van der Waals surface area contributed by atoms with Gasteiger partial charge in [0.1, 0.15) is 18.4 Å². The molecule has 0 aromatic heterocycles. The van der Waals surface area contributed by atoms with Crippen molar-refractivity contribution in [3.8, 4) is 17.6 Å². The second kappa shape index (κ2) is 7.05. The number of thioether (sulfide) groups is 1. The Hall–Kier alpha value is -1.69. The third kappa shape index (κ3) is 3.69. The van der Waals surface area contributed by atoms with Gasteiger partial charge in [-0.3, -0.25) is 4.79 Å². The van der Waals surface area contributed by atoms with Gasteiger partial charge in [-0.25, -0.2) is 8.42 Å². The first-order chi connectivity index (χ1) is 11.2. The third-order valence-electron chi connectivity index (χ3n) is 3.66. The fourth-order valence-electron chi connectivity index (χ4n) is 2.39. The van der Waals surface area contributed by atoms with E-state index in [-0.39, 0.29) is 17.4 Å². The summed E-state index contributed by atoms with van der Waals surface area (Å²) in [7, 11) is -3.90. The predicted octanol–water partition coefficient (Wildman–Crippen LogP) is 2.02. The van der Waals surface area contributed by atoms with E-state index < -0.39 is 26.8 Å². The summed E-state index contributed by atoms with van der Waals surface area (Å²) in [6.07, 6.45) is 0. The van der Waals surface area contributed by atoms with Crippen molar-refractivity contribution in [2.24, 2.45) is 0 Å².